The molecule has 1 heterocycles. The van der Waals surface area contributed by atoms with E-state index in [0.717, 1.165) is 19.3 Å². The van der Waals surface area contributed by atoms with E-state index >= 15 is 0 Å². The van der Waals surface area contributed by atoms with E-state index in [2.05, 4.69) is 10.1 Å². The first kappa shape index (κ1) is 11.6. The summed E-state index contributed by atoms with van der Waals surface area (Å²) in [5.41, 5.74) is 5.98. The van der Waals surface area contributed by atoms with Crippen molar-refractivity contribution in [3.8, 4) is 0 Å². The van der Waals surface area contributed by atoms with Crippen LogP contribution in [0.2, 0.25) is 0 Å². The number of nitrogens with zero attached hydrogens (tertiary/aromatic N) is 2. The number of hydrogen-bond acceptors (Lipinski definition) is 5. The molecular weight excluding hydrogens is 234 g/mol. The van der Waals surface area contributed by atoms with Gasteiger partial charge in [-0.2, -0.15) is 4.98 Å². The van der Waals surface area contributed by atoms with Crippen LogP contribution in [0.5, 0.6) is 0 Å². The number of aryl methyl sites for hydroxylation is 1. The second kappa shape index (κ2) is 4.05. The van der Waals surface area contributed by atoms with Gasteiger partial charge in [-0.1, -0.05) is 11.6 Å². The molecule has 0 amide bonds. The molecule has 1 aromatic heterocycles. The minimum Gasteiger partial charge on any atom is -0.481 e. The van der Waals surface area contributed by atoms with Crippen LogP contribution in [0, 0.1) is 11.8 Å². The van der Waals surface area contributed by atoms with Gasteiger partial charge in [0.05, 0.1) is 12.0 Å². The molecule has 98 valence electrons. The summed E-state index contributed by atoms with van der Waals surface area (Å²) in [7, 11) is 0. The number of fused-ring (bicyclic) bond motifs is 2. The second-order valence-electron chi connectivity index (χ2n) is 5.53. The first-order chi connectivity index (χ1) is 8.58. The van der Waals surface area contributed by atoms with E-state index in [-0.39, 0.29) is 12.8 Å². The monoisotopic (exact) mass is 251 g/mol. The number of carboxylic acid groups (broad SMARTS) is 1. The molecule has 2 fully saturated rings. The van der Waals surface area contributed by atoms with Gasteiger partial charge in [-0.15, -0.1) is 0 Å². The molecule has 3 atom stereocenters. The Kier molecular flexibility index (Phi) is 2.62. The van der Waals surface area contributed by atoms with Gasteiger partial charge < -0.3 is 15.4 Å². The van der Waals surface area contributed by atoms with Crippen molar-refractivity contribution in [1.82, 2.24) is 10.1 Å². The Labute approximate surface area is 105 Å². The van der Waals surface area contributed by atoms with E-state index in [1.54, 1.807) is 0 Å². The normalized spacial score (nSPS) is 34.1. The van der Waals surface area contributed by atoms with Gasteiger partial charge in [0.1, 0.15) is 0 Å². The summed E-state index contributed by atoms with van der Waals surface area (Å²) in [6.45, 7) is 0. The van der Waals surface area contributed by atoms with Gasteiger partial charge in [-0.3, -0.25) is 4.79 Å². The summed E-state index contributed by atoms with van der Waals surface area (Å²) in [5, 5.41) is 12.6. The number of rotatable bonds is 4. The summed E-state index contributed by atoms with van der Waals surface area (Å²) in [4.78, 5) is 14.8. The maximum absolute atomic E-state index is 10.5. The molecular formula is C12H17N3O3. The van der Waals surface area contributed by atoms with Crippen molar-refractivity contribution in [2.24, 2.45) is 17.6 Å². The van der Waals surface area contributed by atoms with E-state index in [4.69, 9.17) is 15.4 Å². The van der Waals surface area contributed by atoms with Gasteiger partial charge in [-0.05, 0) is 31.1 Å². The van der Waals surface area contributed by atoms with Crippen LogP contribution >= 0.6 is 0 Å². The molecule has 3 unspecified atom stereocenters. The lowest BCUT2D eigenvalue weighted by Crippen LogP contribution is -2.42. The zero-order chi connectivity index (χ0) is 12.8. The number of carboxylic acids is 1. The molecule has 0 aromatic carbocycles. The van der Waals surface area contributed by atoms with Crippen LogP contribution in [0.25, 0.3) is 0 Å². The molecule has 3 N–H and O–H groups in total. The fraction of sp³-hybridized carbons (Fsp3) is 0.750. The van der Waals surface area contributed by atoms with Gasteiger partial charge in [-0.25, -0.2) is 0 Å². The third-order valence-corrected chi connectivity index (χ3v) is 4.33. The lowest BCUT2D eigenvalue weighted by Gasteiger charge is -2.30. The summed E-state index contributed by atoms with van der Waals surface area (Å²) in [5.74, 6) is 1.22. The van der Waals surface area contributed by atoms with Crippen LogP contribution in [-0.2, 0) is 16.8 Å². The Balaban J connectivity index is 1.75. The fourth-order valence-corrected chi connectivity index (χ4v) is 3.41. The minimum atomic E-state index is -0.864. The Bertz CT molecular complexity index is 473. The quantitative estimate of drug-likeness (QED) is 0.829. The molecule has 18 heavy (non-hydrogen) atoms. The van der Waals surface area contributed by atoms with Crippen molar-refractivity contribution in [3.63, 3.8) is 0 Å². The van der Waals surface area contributed by atoms with Crippen LogP contribution in [0.15, 0.2) is 4.52 Å². The minimum absolute atomic E-state index is 0.00522. The Morgan fingerprint density at radius 3 is 3.00 bits per heavy atom. The maximum atomic E-state index is 10.5. The lowest BCUT2D eigenvalue weighted by molar-refractivity contribution is -0.137. The van der Waals surface area contributed by atoms with Crippen LogP contribution in [0.3, 0.4) is 0 Å². The smallest absolute Gasteiger partial charge is 0.303 e. The summed E-state index contributed by atoms with van der Waals surface area (Å²) in [6, 6.07) is 0. The van der Waals surface area contributed by atoms with Crippen LogP contribution in [-0.4, -0.2) is 21.2 Å². The SMILES string of the molecule is NC1(c2noc(CCC(=O)O)n2)CC2CCC1C2. The molecule has 2 aliphatic rings. The van der Waals surface area contributed by atoms with E-state index in [1.807, 2.05) is 0 Å². The second-order valence-corrected chi connectivity index (χ2v) is 5.53. The maximum Gasteiger partial charge on any atom is 0.303 e. The Morgan fingerprint density at radius 2 is 2.39 bits per heavy atom. The highest BCUT2D eigenvalue weighted by atomic mass is 16.5. The van der Waals surface area contributed by atoms with Crippen molar-refractivity contribution in [2.75, 3.05) is 0 Å². The molecule has 2 saturated carbocycles. The summed E-state index contributed by atoms with van der Waals surface area (Å²) < 4.78 is 5.10. The highest BCUT2D eigenvalue weighted by Gasteiger charge is 2.52. The van der Waals surface area contributed by atoms with E-state index < -0.39 is 11.5 Å². The van der Waals surface area contributed by atoms with Gasteiger partial charge in [0.2, 0.25) is 5.89 Å². The highest BCUT2D eigenvalue weighted by molar-refractivity contribution is 5.66. The van der Waals surface area contributed by atoms with E-state index in [0.29, 0.717) is 23.6 Å². The van der Waals surface area contributed by atoms with Crippen molar-refractivity contribution in [1.29, 1.82) is 0 Å². The third-order valence-electron chi connectivity index (χ3n) is 4.33. The third kappa shape index (κ3) is 1.80. The predicted molar refractivity (Wildman–Crippen MR) is 61.6 cm³/mol. The van der Waals surface area contributed by atoms with Crippen LogP contribution < -0.4 is 5.73 Å². The van der Waals surface area contributed by atoms with Gasteiger partial charge in [0.15, 0.2) is 5.82 Å². The van der Waals surface area contributed by atoms with Crippen molar-refractivity contribution < 1.29 is 14.4 Å². The first-order valence-corrected chi connectivity index (χ1v) is 6.41. The molecule has 6 nitrogen and oxygen atoms in total. The molecule has 0 aliphatic heterocycles. The van der Waals surface area contributed by atoms with E-state index in [9.17, 15) is 4.79 Å². The molecule has 2 aliphatic carbocycles. The van der Waals surface area contributed by atoms with Gasteiger partial charge >= 0.3 is 5.97 Å². The van der Waals surface area contributed by atoms with Crippen LogP contribution in [0.4, 0.5) is 0 Å². The zero-order valence-electron chi connectivity index (χ0n) is 10.1. The lowest BCUT2D eigenvalue weighted by atomic mass is 9.81. The Hall–Kier alpha value is -1.43. The molecule has 6 heteroatoms. The molecule has 0 saturated heterocycles. The topological polar surface area (TPSA) is 102 Å². The summed E-state index contributed by atoms with van der Waals surface area (Å²) >= 11 is 0. The molecule has 2 bridgehead atoms. The molecule has 0 spiro atoms. The fourth-order valence-electron chi connectivity index (χ4n) is 3.41. The molecule has 3 rings (SSSR count). The van der Waals surface area contributed by atoms with E-state index in [1.165, 1.54) is 6.42 Å². The average Bonchev–Trinajstić information content (AvgIpc) is 3.00. The van der Waals surface area contributed by atoms with Crippen molar-refractivity contribution in [2.45, 2.75) is 44.1 Å². The predicted octanol–water partition coefficient (Wildman–Crippen LogP) is 1.06. The Morgan fingerprint density at radius 1 is 1.56 bits per heavy atom. The first-order valence-electron chi connectivity index (χ1n) is 6.41. The van der Waals surface area contributed by atoms with Crippen LogP contribution in [0.1, 0.15) is 43.8 Å². The number of carbonyl (C=O) groups is 1. The number of aliphatic carboxylic acids is 1. The highest BCUT2D eigenvalue weighted by Crippen LogP contribution is 2.53. The largest absolute Gasteiger partial charge is 0.481 e. The molecule has 1 aromatic rings. The standard InChI is InChI=1S/C12H17N3O3/c13-12(6-7-1-2-8(12)5-7)11-14-9(18-15-11)3-4-10(16)17/h7-8H,1-6,13H2,(H,16,17). The van der Waals surface area contributed by atoms with Gasteiger partial charge in [0, 0.05) is 6.42 Å². The summed E-state index contributed by atoms with van der Waals surface area (Å²) in [6.07, 6.45) is 4.76. The van der Waals surface area contributed by atoms with Gasteiger partial charge in [0.25, 0.3) is 0 Å². The molecule has 0 radical (unpaired) electrons. The van der Waals surface area contributed by atoms with Crippen molar-refractivity contribution >= 4 is 5.97 Å². The zero-order valence-corrected chi connectivity index (χ0v) is 10.1. The number of nitrogens with two attached hydrogens (primary N) is 1. The number of hydrogen-bond donors (Lipinski definition) is 2. The average molecular weight is 251 g/mol. The number of aromatic nitrogens is 2. The van der Waals surface area contributed by atoms with Crippen molar-refractivity contribution in [3.05, 3.63) is 11.7 Å².